The quantitative estimate of drug-likeness (QED) is 0.818. The summed E-state index contributed by atoms with van der Waals surface area (Å²) in [5.74, 6) is 0. The highest BCUT2D eigenvalue weighted by atomic mass is 16.3. The van der Waals surface area contributed by atoms with Crippen LogP contribution >= 0.6 is 0 Å². The van der Waals surface area contributed by atoms with E-state index in [1.807, 2.05) is 6.07 Å². The minimum Gasteiger partial charge on any atom is -0.412 e. The Morgan fingerprint density at radius 1 is 1.06 bits per heavy atom. The van der Waals surface area contributed by atoms with Crippen molar-refractivity contribution in [3.05, 3.63) is 35.9 Å². The van der Waals surface area contributed by atoms with Gasteiger partial charge in [-0.2, -0.15) is 0 Å². The Morgan fingerprint density at radius 3 is 1.94 bits per heavy atom. The van der Waals surface area contributed by atoms with Crippen molar-refractivity contribution in [2.24, 2.45) is 5.41 Å². The molecule has 1 atom stereocenters. The van der Waals surface area contributed by atoms with Crippen molar-refractivity contribution in [3.63, 3.8) is 0 Å². The van der Waals surface area contributed by atoms with Crippen molar-refractivity contribution in [2.75, 3.05) is 0 Å². The molecule has 1 rings (SSSR count). The SMILES string of the molecule is CCC(O)C(CC)(CC)Cc1ccccc1.N.O. The van der Waals surface area contributed by atoms with Crippen molar-refractivity contribution >= 4 is 0 Å². The van der Waals surface area contributed by atoms with E-state index in [-0.39, 0.29) is 23.1 Å². The monoisotopic (exact) mass is 255 g/mol. The van der Waals surface area contributed by atoms with Crippen LogP contribution in [0.25, 0.3) is 0 Å². The first-order chi connectivity index (χ1) is 7.68. The summed E-state index contributed by atoms with van der Waals surface area (Å²) in [7, 11) is 0. The molecule has 106 valence electrons. The Morgan fingerprint density at radius 2 is 1.56 bits per heavy atom. The molecule has 1 unspecified atom stereocenters. The molecule has 0 spiro atoms. The third-order valence-corrected chi connectivity index (χ3v) is 3.90. The minimum atomic E-state index is -0.192. The summed E-state index contributed by atoms with van der Waals surface area (Å²) in [5, 5.41) is 10.2. The number of hydrogen-bond acceptors (Lipinski definition) is 2. The zero-order valence-electron chi connectivity index (χ0n) is 11.9. The van der Waals surface area contributed by atoms with Gasteiger partial charge in [-0.25, -0.2) is 0 Å². The van der Waals surface area contributed by atoms with E-state index < -0.39 is 0 Å². The van der Waals surface area contributed by atoms with Gasteiger partial charge in [-0.05, 0) is 36.7 Å². The standard InChI is InChI=1S/C15H24O.H3N.H2O/c1-4-14(16)15(5-2,6-3)12-13-10-8-7-9-11-13;;/h7-11,14,16H,4-6,12H2,1-3H3;1H3;1H2. The highest BCUT2D eigenvalue weighted by Crippen LogP contribution is 2.36. The molecule has 0 aliphatic heterocycles. The average molecular weight is 255 g/mol. The summed E-state index contributed by atoms with van der Waals surface area (Å²) >= 11 is 0. The van der Waals surface area contributed by atoms with E-state index in [4.69, 9.17) is 0 Å². The molecular weight excluding hydrogens is 226 g/mol. The first-order valence-electron chi connectivity index (χ1n) is 6.40. The molecule has 0 heterocycles. The molecule has 0 amide bonds. The van der Waals surface area contributed by atoms with Gasteiger partial charge in [0, 0.05) is 0 Å². The number of hydrogen-bond donors (Lipinski definition) is 2. The fourth-order valence-corrected chi connectivity index (χ4v) is 2.52. The minimum absolute atomic E-state index is 0. The van der Waals surface area contributed by atoms with Gasteiger partial charge in [0.15, 0.2) is 0 Å². The zero-order chi connectivity index (χ0) is 12.0. The van der Waals surface area contributed by atoms with Gasteiger partial charge >= 0.3 is 0 Å². The zero-order valence-corrected chi connectivity index (χ0v) is 11.9. The van der Waals surface area contributed by atoms with Crippen LogP contribution in [0.15, 0.2) is 30.3 Å². The van der Waals surface area contributed by atoms with E-state index in [1.54, 1.807) is 0 Å². The third-order valence-electron chi connectivity index (χ3n) is 3.90. The van der Waals surface area contributed by atoms with Crippen LogP contribution < -0.4 is 6.15 Å². The van der Waals surface area contributed by atoms with Gasteiger partial charge in [0.05, 0.1) is 6.10 Å². The van der Waals surface area contributed by atoms with Gasteiger partial charge in [0.2, 0.25) is 0 Å². The van der Waals surface area contributed by atoms with Gasteiger partial charge in [-0.3, -0.25) is 0 Å². The molecule has 0 saturated heterocycles. The molecule has 1 aromatic rings. The molecule has 0 saturated carbocycles. The average Bonchev–Trinajstić information content (AvgIpc) is 2.36. The van der Waals surface area contributed by atoms with Crippen molar-refractivity contribution in [1.29, 1.82) is 0 Å². The summed E-state index contributed by atoms with van der Waals surface area (Å²) in [5.41, 5.74) is 1.38. The van der Waals surface area contributed by atoms with Crippen molar-refractivity contribution in [3.8, 4) is 0 Å². The number of aliphatic hydroxyl groups is 1. The molecule has 0 fully saturated rings. The van der Waals surface area contributed by atoms with Crippen LogP contribution in [0, 0.1) is 5.41 Å². The van der Waals surface area contributed by atoms with Crippen LogP contribution in [0.4, 0.5) is 0 Å². The summed E-state index contributed by atoms with van der Waals surface area (Å²) in [4.78, 5) is 0. The Balaban J connectivity index is 0. The van der Waals surface area contributed by atoms with Crippen LogP contribution in [0.3, 0.4) is 0 Å². The van der Waals surface area contributed by atoms with Crippen LogP contribution in [-0.4, -0.2) is 16.7 Å². The highest BCUT2D eigenvalue weighted by Gasteiger charge is 2.33. The van der Waals surface area contributed by atoms with E-state index in [0.29, 0.717) is 0 Å². The highest BCUT2D eigenvalue weighted by molar-refractivity contribution is 5.17. The predicted octanol–water partition coefficient (Wildman–Crippen LogP) is 3.14. The summed E-state index contributed by atoms with van der Waals surface area (Å²) in [6, 6.07) is 10.5. The second-order valence-electron chi connectivity index (χ2n) is 4.66. The first kappa shape index (κ1) is 19.4. The first-order valence-corrected chi connectivity index (χ1v) is 6.40. The molecule has 18 heavy (non-hydrogen) atoms. The fraction of sp³-hybridized carbons (Fsp3) is 0.600. The van der Waals surface area contributed by atoms with Crippen molar-refractivity contribution in [1.82, 2.24) is 6.15 Å². The maximum Gasteiger partial charge on any atom is 0.0596 e. The molecule has 6 N–H and O–H groups in total. The lowest BCUT2D eigenvalue weighted by Crippen LogP contribution is -2.35. The molecule has 3 nitrogen and oxygen atoms in total. The topological polar surface area (TPSA) is 86.7 Å². The largest absolute Gasteiger partial charge is 0.412 e. The normalized spacial score (nSPS) is 12.2. The van der Waals surface area contributed by atoms with Gasteiger partial charge in [-0.15, -0.1) is 0 Å². The molecular formula is C15H29NO2. The van der Waals surface area contributed by atoms with Crippen LogP contribution in [0.2, 0.25) is 0 Å². The van der Waals surface area contributed by atoms with Crippen molar-refractivity contribution < 1.29 is 10.6 Å². The summed E-state index contributed by atoms with van der Waals surface area (Å²) < 4.78 is 0. The van der Waals surface area contributed by atoms with Crippen molar-refractivity contribution in [2.45, 2.75) is 52.6 Å². The van der Waals surface area contributed by atoms with Crippen LogP contribution in [0.1, 0.15) is 45.6 Å². The van der Waals surface area contributed by atoms with Gasteiger partial charge in [0.1, 0.15) is 0 Å². The molecule has 0 bridgehead atoms. The third kappa shape index (κ3) is 4.41. The molecule has 0 aliphatic carbocycles. The van der Waals surface area contributed by atoms with E-state index >= 15 is 0 Å². The maximum absolute atomic E-state index is 10.2. The Kier molecular flexibility index (Phi) is 9.81. The van der Waals surface area contributed by atoms with Gasteiger partial charge in [0.25, 0.3) is 0 Å². The molecule has 3 heteroatoms. The Bertz CT molecular complexity index is 297. The second kappa shape index (κ2) is 9.09. The van der Waals surface area contributed by atoms with Gasteiger partial charge < -0.3 is 16.7 Å². The molecule has 1 aromatic carbocycles. The maximum atomic E-state index is 10.2. The van der Waals surface area contributed by atoms with E-state index in [0.717, 1.165) is 25.7 Å². The lowest BCUT2D eigenvalue weighted by atomic mass is 9.72. The van der Waals surface area contributed by atoms with E-state index in [2.05, 4.69) is 45.0 Å². The molecule has 0 aromatic heterocycles. The number of benzene rings is 1. The van der Waals surface area contributed by atoms with Crippen LogP contribution in [-0.2, 0) is 6.42 Å². The van der Waals surface area contributed by atoms with Gasteiger partial charge in [-0.1, -0.05) is 51.1 Å². The fourth-order valence-electron chi connectivity index (χ4n) is 2.52. The smallest absolute Gasteiger partial charge is 0.0596 e. The van der Waals surface area contributed by atoms with E-state index in [1.165, 1.54) is 5.56 Å². The molecule has 0 radical (unpaired) electrons. The number of aliphatic hydroxyl groups excluding tert-OH is 1. The summed E-state index contributed by atoms with van der Waals surface area (Å²) in [6.07, 6.45) is 3.70. The Labute approximate surface area is 111 Å². The predicted molar refractivity (Wildman–Crippen MR) is 78.1 cm³/mol. The lowest BCUT2D eigenvalue weighted by Gasteiger charge is -2.36. The summed E-state index contributed by atoms with van der Waals surface area (Å²) in [6.45, 7) is 6.44. The second-order valence-corrected chi connectivity index (χ2v) is 4.66. The van der Waals surface area contributed by atoms with E-state index in [9.17, 15) is 5.11 Å². The number of rotatable bonds is 6. The van der Waals surface area contributed by atoms with Crippen LogP contribution in [0.5, 0.6) is 0 Å². The Hall–Kier alpha value is -0.900. The lowest BCUT2D eigenvalue weighted by molar-refractivity contribution is 0.0147. The molecule has 0 aliphatic rings.